The molecule has 0 aliphatic heterocycles. The zero-order chi connectivity index (χ0) is 23.9. The van der Waals surface area contributed by atoms with Gasteiger partial charge in [0.25, 0.3) is 5.91 Å². The summed E-state index contributed by atoms with van der Waals surface area (Å²) in [6, 6.07) is 11.9. The highest BCUT2D eigenvalue weighted by atomic mass is 32.2. The van der Waals surface area contributed by atoms with Crippen molar-refractivity contribution in [3.05, 3.63) is 77.9 Å². The maximum atomic E-state index is 13.1. The van der Waals surface area contributed by atoms with Crippen LogP contribution in [0.1, 0.15) is 41.3 Å². The molecular formula is C25H28FN5O2S. The standard InChI is InChI=1S/C25H28FN5O2S/c1-30(24(32)23-12-11-21(33-23)17-34-25-27-13-15-31(25)2)14-5-3-4-6-20-16-22(29-28-20)18-7-9-19(26)10-8-18/h7-13,15-16H,3-6,14,17H2,1-2H3,(H,28,29). The summed E-state index contributed by atoms with van der Waals surface area (Å²) in [4.78, 5) is 18.6. The number of aryl methyl sites for hydroxylation is 2. The van der Waals surface area contributed by atoms with Crippen molar-refractivity contribution in [2.75, 3.05) is 13.6 Å². The maximum Gasteiger partial charge on any atom is 0.289 e. The van der Waals surface area contributed by atoms with Crippen LogP contribution >= 0.6 is 11.8 Å². The number of H-pyrrole nitrogens is 1. The van der Waals surface area contributed by atoms with Gasteiger partial charge >= 0.3 is 0 Å². The molecule has 0 radical (unpaired) electrons. The lowest BCUT2D eigenvalue weighted by atomic mass is 10.1. The lowest BCUT2D eigenvalue weighted by Crippen LogP contribution is -2.27. The van der Waals surface area contributed by atoms with E-state index in [0.717, 1.165) is 53.6 Å². The fourth-order valence-corrected chi connectivity index (χ4v) is 4.41. The largest absolute Gasteiger partial charge is 0.455 e. The molecule has 4 aromatic rings. The number of aromatic nitrogens is 4. The van der Waals surface area contributed by atoms with Gasteiger partial charge in [-0.05, 0) is 61.7 Å². The Balaban J connectivity index is 1.16. The van der Waals surface area contributed by atoms with Crippen molar-refractivity contribution in [2.24, 2.45) is 7.05 Å². The first-order chi connectivity index (χ1) is 16.5. The van der Waals surface area contributed by atoms with Gasteiger partial charge in [0, 0.05) is 44.3 Å². The van der Waals surface area contributed by atoms with Gasteiger partial charge in [0.05, 0.1) is 11.4 Å². The first-order valence-electron chi connectivity index (χ1n) is 11.2. The Hall–Kier alpha value is -3.33. The second kappa shape index (κ2) is 11.2. The molecule has 0 saturated carbocycles. The second-order valence-electron chi connectivity index (χ2n) is 8.20. The average Bonchev–Trinajstić information content (AvgIpc) is 3.59. The lowest BCUT2D eigenvalue weighted by Gasteiger charge is -2.15. The molecular weight excluding hydrogens is 453 g/mol. The lowest BCUT2D eigenvalue weighted by molar-refractivity contribution is 0.0759. The minimum Gasteiger partial charge on any atom is -0.455 e. The van der Waals surface area contributed by atoms with Gasteiger partial charge in [-0.15, -0.1) is 0 Å². The van der Waals surface area contributed by atoms with Gasteiger partial charge in [0.1, 0.15) is 11.6 Å². The predicted octanol–water partition coefficient (Wildman–Crippen LogP) is 5.32. The van der Waals surface area contributed by atoms with Crippen molar-refractivity contribution >= 4 is 17.7 Å². The molecule has 3 heterocycles. The van der Waals surface area contributed by atoms with Crippen molar-refractivity contribution < 1.29 is 13.6 Å². The molecule has 4 rings (SSSR count). The van der Waals surface area contributed by atoms with Gasteiger partial charge in [-0.2, -0.15) is 5.10 Å². The third kappa shape index (κ3) is 6.17. The number of amides is 1. The Morgan fingerprint density at radius 2 is 2.00 bits per heavy atom. The monoisotopic (exact) mass is 481 g/mol. The number of rotatable bonds is 11. The molecule has 0 bridgehead atoms. The number of carbonyl (C=O) groups excluding carboxylic acids is 1. The summed E-state index contributed by atoms with van der Waals surface area (Å²) in [5, 5.41) is 8.28. The number of aromatic amines is 1. The number of unbranched alkanes of at least 4 members (excludes halogenated alkanes) is 2. The highest BCUT2D eigenvalue weighted by molar-refractivity contribution is 7.98. The number of thioether (sulfide) groups is 1. The number of carbonyl (C=O) groups is 1. The fraction of sp³-hybridized carbons (Fsp3) is 0.320. The van der Waals surface area contributed by atoms with Crippen LogP contribution < -0.4 is 0 Å². The molecule has 0 atom stereocenters. The number of nitrogens with zero attached hydrogens (tertiary/aromatic N) is 4. The van der Waals surface area contributed by atoms with E-state index in [2.05, 4.69) is 15.2 Å². The van der Waals surface area contributed by atoms with Gasteiger partial charge < -0.3 is 13.9 Å². The Morgan fingerprint density at radius 1 is 1.18 bits per heavy atom. The molecule has 9 heteroatoms. The summed E-state index contributed by atoms with van der Waals surface area (Å²) in [5.41, 5.74) is 2.76. The van der Waals surface area contributed by atoms with Crippen molar-refractivity contribution in [1.29, 1.82) is 0 Å². The van der Waals surface area contributed by atoms with E-state index < -0.39 is 0 Å². The summed E-state index contributed by atoms with van der Waals surface area (Å²) >= 11 is 1.57. The van der Waals surface area contributed by atoms with Crippen LogP contribution in [0.4, 0.5) is 4.39 Å². The van der Waals surface area contributed by atoms with Crippen molar-refractivity contribution in [1.82, 2.24) is 24.6 Å². The molecule has 0 aliphatic rings. The van der Waals surface area contributed by atoms with E-state index >= 15 is 0 Å². The van der Waals surface area contributed by atoms with E-state index in [4.69, 9.17) is 4.42 Å². The molecule has 34 heavy (non-hydrogen) atoms. The van der Waals surface area contributed by atoms with Gasteiger partial charge in [-0.3, -0.25) is 9.89 Å². The summed E-state index contributed by atoms with van der Waals surface area (Å²) in [6.45, 7) is 0.667. The molecule has 3 aromatic heterocycles. The van der Waals surface area contributed by atoms with E-state index in [1.807, 2.05) is 29.9 Å². The Morgan fingerprint density at radius 3 is 2.76 bits per heavy atom. The van der Waals surface area contributed by atoms with Gasteiger partial charge in [-0.1, -0.05) is 18.2 Å². The predicted molar refractivity (Wildman–Crippen MR) is 130 cm³/mol. The first kappa shape index (κ1) is 23.8. The second-order valence-corrected chi connectivity index (χ2v) is 9.14. The van der Waals surface area contributed by atoms with Crippen LogP contribution in [0.3, 0.4) is 0 Å². The minimum atomic E-state index is -0.255. The SMILES string of the molecule is CN(CCCCCc1cc(-c2ccc(F)cc2)n[nH]1)C(=O)c1ccc(CSc2nccn2C)o1. The van der Waals surface area contributed by atoms with Crippen molar-refractivity contribution in [2.45, 2.75) is 36.6 Å². The summed E-state index contributed by atoms with van der Waals surface area (Å²) in [7, 11) is 3.75. The number of benzene rings is 1. The van der Waals surface area contributed by atoms with Crippen LogP contribution in [-0.2, 0) is 19.2 Å². The first-order valence-corrected chi connectivity index (χ1v) is 12.2. The molecule has 1 N–H and O–H groups in total. The molecule has 0 spiro atoms. The van der Waals surface area contributed by atoms with Crippen LogP contribution in [0.2, 0.25) is 0 Å². The van der Waals surface area contributed by atoms with E-state index in [9.17, 15) is 9.18 Å². The molecule has 0 fully saturated rings. The normalized spacial score (nSPS) is 11.1. The van der Waals surface area contributed by atoms with E-state index in [0.29, 0.717) is 18.1 Å². The molecule has 0 unspecified atom stereocenters. The van der Waals surface area contributed by atoms with Gasteiger partial charge in [-0.25, -0.2) is 9.37 Å². The number of imidazole rings is 1. The maximum absolute atomic E-state index is 13.1. The minimum absolute atomic E-state index is 0.106. The Bertz CT molecular complexity index is 1210. The van der Waals surface area contributed by atoms with Crippen LogP contribution in [0.15, 0.2) is 64.4 Å². The van der Waals surface area contributed by atoms with Gasteiger partial charge in [0.2, 0.25) is 0 Å². The van der Waals surface area contributed by atoms with Crippen LogP contribution in [0.25, 0.3) is 11.3 Å². The summed E-state index contributed by atoms with van der Waals surface area (Å²) in [5.74, 6) is 1.38. The zero-order valence-corrected chi connectivity index (χ0v) is 20.1. The molecule has 7 nitrogen and oxygen atoms in total. The Kier molecular flexibility index (Phi) is 7.84. The summed E-state index contributed by atoms with van der Waals surface area (Å²) < 4.78 is 20.8. The molecule has 178 valence electrons. The smallest absolute Gasteiger partial charge is 0.289 e. The van der Waals surface area contributed by atoms with Crippen LogP contribution in [0.5, 0.6) is 0 Å². The summed E-state index contributed by atoms with van der Waals surface area (Å²) in [6.07, 6.45) is 7.42. The number of furan rings is 1. The number of hydrogen-bond donors (Lipinski definition) is 1. The number of halogens is 1. The highest BCUT2D eigenvalue weighted by Gasteiger charge is 2.16. The topological polar surface area (TPSA) is 80.0 Å². The quantitative estimate of drug-likeness (QED) is 0.232. The molecule has 0 saturated heterocycles. The molecule has 0 aliphatic carbocycles. The van der Waals surface area contributed by atoms with E-state index in [1.54, 1.807) is 48.1 Å². The zero-order valence-electron chi connectivity index (χ0n) is 19.3. The van der Waals surface area contributed by atoms with Crippen LogP contribution in [0, 0.1) is 5.82 Å². The third-order valence-electron chi connectivity index (χ3n) is 5.55. The van der Waals surface area contributed by atoms with E-state index in [1.165, 1.54) is 12.1 Å². The number of hydrogen-bond acceptors (Lipinski definition) is 5. The Labute approximate surface area is 202 Å². The van der Waals surface area contributed by atoms with Crippen molar-refractivity contribution in [3.8, 4) is 11.3 Å². The highest BCUT2D eigenvalue weighted by Crippen LogP contribution is 2.22. The van der Waals surface area contributed by atoms with Gasteiger partial charge in [0.15, 0.2) is 10.9 Å². The molecule has 1 amide bonds. The third-order valence-corrected chi connectivity index (χ3v) is 6.63. The number of nitrogens with one attached hydrogen (secondary N) is 1. The van der Waals surface area contributed by atoms with E-state index in [-0.39, 0.29) is 11.7 Å². The fourth-order valence-electron chi connectivity index (χ4n) is 3.59. The average molecular weight is 482 g/mol. The van der Waals surface area contributed by atoms with Crippen molar-refractivity contribution in [3.63, 3.8) is 0 Å². The van der Waals surface area contributed by atoms with Crippen LogP contribution in [-0.4, -0.2) is 44.1 Å². The molecule has 1 aromatic carbocycles.